The third kappa shape index (κ3) is 4.69. The number of rotatable bonds is 5. The van der Waals surface area contributed by atoms with Crippen LogP contribution in [0.3, 0.4) is 0 Å². The van der Waals surface area contributed by atoms with Gasteiger partial charge in [0.15, 0.2) is 5.16 Å². The predicted octanol–water partition coefficient (Wildman–Crippen LogP) is 4.35. The number of carbonyl (C=O) groups excluding carboxylic acids is 1. The molecule has 0 fully saturated rings. The van der Waals surface area contributed by atoms with Crippen LogP contribution in [0.1, 0.15) is 28.9 Å². The summed E-state index contributed by atoms with van der Waals surface area (Å²) in [6.07, 6.45) is 2.96. The van der Waals surface area contributed by atoms with E-state index in [2.05, 4.69) is 15.3 Å². The number of benzene rings is 1. The molecular formula is C17H20ClN3OS. The van der Waals surface area contributed by atoms with Crippen molar-refractivity contribution in [2.45, 2.75) is 38.8 Å². The lowest BCUT2D eigenvalue weighted by Gasteiger charge is -2.10. The number of nitrogens with one attached hydrogen (secondary N) is 1. The minimum Gasteiger partial charge on any atom is -0.326 e. The summed E-state index contributed by atoms with van der Waals surface area (Å²) in [6.45, 7) is 5.85. The Balaban J connectivity index is 2.00. The van der Waals surface area contributed by atoms with Gasteiger partial charge in [-0.1, -0.05) is 29.4 Å². The lowest BCUT2D eigenvalue weighted by Crippen LogP contribution is -2.13. The van der Waals surface area contributed by atoms with Gasteiger partial charge in [-0.25, -0.2) is 9.97 Å². The number of halogens is 1. The Morgan fingerprint density at radius 2 is 1.87 bits per heavy atom. The van der Waals surface area contributed by atoms with Gasteiger partial charge in [-0.3, -0.25) is 4.79 Å². The van der Waals surface area contributed by atoms with Crippen molar-refractivity contribution in [1.29, 1.82) is 0 Å². The molecule has 2 rings (SSSR count). The zero-order valence-electron chi connectivity index (χ0n) is 13.7. The van der Waals surface area contributed by atoms with Crippen molar-refractivity contribution in [2.24, 2.45) is 0 Å². The van der Waals surface area contributed by atoms with Gasteiger partial charge in [-0.15, -0.1) is 0 Å². The van der Waals surface area contributed by atoms with Crippen LogP contribution in [0.2, 0.25) is 5.02 Å². The zero-order valence-corrected chi connectivity index (χ0v) is 15.3. The normalized spacial score (nSPS) is 10.7. The van der Waals surface area contributed by atoms with Gasteiger partial charge in [-0.05, 0) is 56.7 Å². The molecule has 0 saturated carbocycles. The van der Waals surface area contributed by atoms with Gasteiger partial charge in [0.1, 0.15) is 0 Å². The Kier molecular flexibility index (Phi) is 6.02. The first kappa shape index (κ1) is 17.8. The monoisotopic (exact) mass is 349 g/mol. The van der Waals surface area contributed by atoms with Crippen molar-refractivity contribution in [1.82, 2.24) is 9.97 Å². The molecule has 1 N–H and O–H groups in total. The van der Waals surface area contributed by atoms with Crippen molar-refractivity contribution < 1.29 is 4.79 Å². The summed E-state index contributed by atoms with van der Waals surface area (Å²) in [5.41, 5.74) is 4.62. The van der Waals surface area contributed by atoms with E-state index in [9.17, 15) is 4.79 Å². The van der Waals surface area contributed by atoms with Gasteiger partial charge < -0.3 is 5.32 Å². The van der Waals surface area contributed by atoms with Gasteiger partial charge in [0.2, 0.25) is 5.91 Å². The molecule has 1 amide bonds. The molecule has 1 aromatic heterocycles. The molecule has 0 aliphatic heterocycles. The van der Waals surface area contributed by atoms with E-state index < -0.39 is 0 Å². The van der Waals surface area contributed by atoms with Crippen LogP contribution in [-0.2, 0) is 11.2 Å². The van der Waals surface area contributed by atoms with Crippen molar-refractivity contribution >= 4 is 35.0 Å². The first-order valence-corrected chi connectivity index (χ1v) is 8.95. The van der Waals surface area contributed by atoms with E-state index in [0.717, 1.165) is 27.7 Å². The van der Waals surface area contributed by atoms with Crippen molar-refractivity contribution in [3.63, 3.8) is 0 Å². The fourth-order valence-corrected chi connectivity index (χ4v) is 2.93. The SMILES string of the molecule is CSc1nc(C)c(CCC(=O)Nc2ccc(C)c(Cl)c2)c(C)n1. The highest BCUT2D eigenvalue weighted by molar-refractivity contribution is 7.98. The first-order chi connectivity index (χ1) is 10.9. The summed E-state index contributed by atoms with van der Waals surface area (Å²) in [4.78, 5) is 21.0. The molecule has 122 valence electrons. The highest BCUT2D eigenvalue weighted by Gasteiger charge is 2.11. The van der Waals surface area contributed by atoms with Gasteiger partial charge in [0, 0.05) is 28.5 Å². The Morgan fingerprint density at radius 3 is 2.43 bits per heavy atom. The molecule has 0 saturated heterocycles. The Morgan fingerprint density at radius 1 is 1.22 bits per heavy atom. The number of carbonyl (C=O) groups is 1. The van der Waals surface area contributed by atoms with Crippen LogP contribution in [0.5, 0.6) is 0 Å². The van der Waals surface area contributed by atoms with Gasteiger partial charge in [0.05, 0.1) is 0 Å². The number of amides is 1. The number of thioether (sulfide) groups is 1. The molecule has 0 aliphatic carbocycles. The van der Waals surface area contributed by atoms with Crippen LogP contribution in [0.15, 0.2) is 23.4 Å². The maximum Gasteiger partial charge on any atom is 0.224 e. The van der Waals surface area contributed by atoms with Crippen molar-refractivity contribution in [3.8, 4) is 0 Å². The zero-order chi connectivity index (χ0) is 17.0. The quantitative estimate of drug-likeness (QED) is 0.644. The van der Waals surface area contributed by atoms with Crippen LogP contribution < -0.4 is 5.32 Å². The van der Waals surface area contributed by atoms with Crippen LogP contribution in [-0.4, -0.2) is 22.1 Å². The van der Waals surface area contributed by atoms with E-state index in [1.165, 1.54) is 11.8 Å². The average molecular weight is 350 g/mol. The molecule has 6 heteroatoms. The fourth-order valence-electron chi connectivity index (χ4n) is 2.29. The number of aryl methyl sites for hydroxylation is 3. The number of aromatic nitrogens is 2. The predicted molar refractivity (Wildman–Crippen MR) is 96.4 cm³/mol. The molecule has 0 bridgehead atoms. The highest BCUT2D eigenvalue weighted by Crippen LogP contribution is 2.21. The average Bonchev–Trinajstić information content (AvgIpc) is 2.50. The van der Waals surface area contributed by atoms with Crippen molar-refractivity contribution in [2.75, 3.05) is 11.6 Å². The minimum atomic E-state index is -0.0438. The van der Waals surface area contributed by atoms with Crippen LogP contribution in [0, 0.1) is 20.8 Å². The molecule has 0 aliphatic rings. The molecule has 1 aromatic carbocycles. The summed E-state index contributed by atoms with van der Waals surface area (Å²) in [5, 5.41) is 4.29. The highest BCUT2D eigenvalue weighted by atomic mass is 35.5. The van der Waals surface area contributed by atoms with Crippen LogP contribution in [0.4, 0.5) is 5.69 Å². The van der Waals surface area contributed by atoms with Crippen LogP contribution in [0.25, 0.3) is 0 Å². The van der Waals surface area contributed by atoms with E-state index in [4.69, 9.17) is 11.6 Å². The van der Waals surface area contributed by atoms with Gasteiger partial charge in [0.25, 0.3) is 0 Å². The number of nitrogens with zero attached hydrogens (tertiary/aromatic N) is 2. The Labute approximate surface area is 146 Å². The lowest BCUT2D eigenvalue weighted by molar-refractivity contribution is -0.116. The molecule has 0 atom stereocenters. The smallest absolute Gasteiger partial charge is 0.224 e. The van der Waals surface area contributed by atoms with Gasteiger partial charge in [-0.2, -0.15) is 0 Å². The number of anilines is 1. The van der Waals surface area contributed by atoms with E-state index in [1.54, 1.807) is 6.07 Å². The first-order valence-electron chi connectivity index (χ1n) is 7.35. The molecular weight excluding hydrogens is 330 g/mol. The van der Waals surface area contributed by atoms with Crippen LogP contribution >= 0.6 is 23.4 Å². The molecule has 1 heterocycles. The second-order valence-electron chi connectivity index (χ2n) is 5.37. The molecule has 4 nitrogen and oxygen atoms in total. The summed E-state index contributed by atoms with van der Waals surface area (Å²) in [7, 11) is 0. The number of hydrogen-bond donors (Lipinski definition) is 1. The van der Waals surface area contributed by atoms with E-state index in [0.29, 0.717) is 23.6 Å². The maximum absolute atomic E-state index is 12.1. The largest absolute Gasteiger partial charge is 0.326 e. The second-order valence-corrected chi connectivity index (χ2v) is 6.55. The minimum absolute atomic E-state index is 0.0438. The summed E-state index contributed by atoms with van der Waals surface area (Å²) >= 11 is 7.59. The van der Waals surface area contributed by atoms with Gasteiger partial charge >= 0.3 is 0 Å². The molecule has 23 heavy (non-hydrogen) atoms. The Hall–Kier alpha value is -1.59. The molecule has 2 aromatic rings. The topological polar surface area (TPSA) is 54.9 Å². The van der Waals surface area contributed by atoms with Crippen molar-refractivity contribution in [3.05, 3.63) is 45.7 Å². The fraction of sp³-hybridized carbons (Fsp3) is 0.353. The third-order valence-corrected chi connectivity index (χ3v) is 4.60. The summed E-state index contributed by atoms with van der Waals surface area (Å²) in [5.74, 6) is -0.0438. The standard InChI is InChI=1S/C17H20ClN3OS/c1-10-5-6-13(9-15(10)18)21-16(22)8-7-14-11(2)19-17(23-4)20-12(14)3/h5-6,9H,7-8H2,1-4H3,(H,21,22). The maximum atomic E-state index is 12.1. The molecule has 0 unspecified atom stereocenters. The van der Waals surface area contributed by atoms with E-state index in [1.807, 2.05) is 39.2 Å². The lowest BCUT2D eigenvalue weighted by atomic mass is 10.1. The van der Waals surface area contributed by atoms with E-state index >= 15 is 0 Å². The third-order valence-electron chi connectivity index (χ3n) is 3.64. The summed E-state index contributed by atoms with van der Waals surface area (Å²) < 4.78 is 0. The molecule has 0 spiro atoms. The van der Waals surface area contributed by atoms with E-state index in [-0.39, 0.29) is 5.91 Å². The number of hydrogen-bond acceptors (Lipinski definition) is 4. The summed E-state index contributed by atoms with van der Waals surface area (Å²) in [6, 6.07) is 5.51. The Bertz CT molecular complexity index is 711. The molecule has 0 radical (unpaired) electrons. The second kappa shape index (κ2) is 7.79.